The second kappa shape index (κ2) is 3.63. The third-order valence-corrected chi connectivity index (χ3v) is 3.24. The first-order valence-electron chi connectivity index (χ1n) is 5.60. The highest BCUT2D eigenvalue weighted by Crippen LogP contribution is 2.34. The van der Waals surface area contributed by atoms with Gasteiger partial charge in [0.25, 0.3) is 0 Å². The van der Waals surface area contributed by atoms with Crippen LogP contribution in [-0.4, -0.2) is 23.1 Å². The van der Waals surface area contributed by atoms with Gasteiger partial charge in [0.1, 0.15) is 5.76 Å². The molecule has 0 unspecified atom stereocenters. The number of rotatable bonds is 2. The molecule has 3 heteroatoms. The van der Waals surface area contributed by atoms with Gasteiger partial charge in [-0.05, 0) is 18.3 Å². The molecule has 0 radical (unpaired) electrons. The number of likely N-dealkylation sites (tertiary alicyclic amines) is 1. The minimum atomic E-state index is 0.441. The van der Waals surface area contributed by atoms with Gasteiger partial charge < -0.3 is 4.52 Å². The Morgan fingerprint density at radius 1 is 1.47 bits per heavy atom. The Labute approximate surface area is 91.4 Å². The van der Waals surface area contributed by atoms with Crippen LogP contribution in [0.1, 0.15) is 32.2 Å². The zero-order valence-corrected chi connectivity index (χ0v) is 10.1. The summed E-state index contributed by atoms with van der Waals surface area (Å²) in [7, 11) is 0. The molecule has 1 aromatic rings. The highest BCUT2D eigenvalue weighted by atomic mass is 16.5. The minimum absolute atomic E-state index is 0.441. The SMILES string of the molecule is Cc1cc(CN2CC(C(C)(C)C)C2)no1. The van der Waals surface area contributed by atoms with Crippen LogP contribution in [0.2, 0.25) is 0 Å². The lowest BCUT2D eigenvalue weighted by atomic mass is 9.76. The van der Waals surface area contributed by atoms with Gasteiger partial charge in [0.2, 0.25) is 0 Å². The van der Waals surface area contributed by atoms with E-state index in [0.717, 1.165) is 23.9 Å². The molecule has 0 amide bonds. The molecular weight excluding hydrogens is 188 g/mol. The monoisotopic (exact) mass is 208 g/mol. The average Bonchev–Trinajstić information content (AvgIpc) is 2.40. The molecule has 2 rings (SSSR count). The zero-order chi connectivity index (χ0) is 11.1. The summed E-state index contributed by atoms with van der Waals surface area (Å²) >= 11 is 0. The van der Waals surface area contributed by atoms with Crippen LogP contribution in [0.25, 0.3) is 0 Å². The fourth-order valence-corrected chi connectivity index (χ4v) is 1.97. The van der Waals surface area contributed by atoms with E-state index in [-0.39, 0.29) is 0 Å². The molecule has 1 aromatic heterocycles. The quantitative estimate of drug-likeness (QED) is 0.747. The van der Waals surface area contributed by atoms with Crippen molar-refractivity contribution in [2.45, 2.75) is 34.2 Å². The Morgan fingerprint density at radius 3 is 2.60 bits per heavy atom. The fourth-order valence-electron chi connectivity index (χ4n) is 1.97. The van der Waals surface area contributed by atoms with E-state index in [1.54, 1.807) is 0 Å². The summed E-state index contributed by atoms with van der Waals surface area (Å²) in [4.78, 5) is 2.42. The van der Waals surface area contributed by atoms with Crippen molar-refractivity contribution in [3.63, 3.8) is 0 Å². The number of aromatic nitrogens is 1. The van der Waals surface area contributed by atoms with Crippen molar-refractivity contribution < 1.29 is 4.52 Å². The summed E-state index contributed by atoms with van der Waals surface area (Å²) in [6, 6.07) is 2.02. The Bertz CT molecular complexity index is 332. The van der Waals surface area contributed by atoms with E-state index in [1.807, 2.05) is 13.0 Å². The van der Waals surface area contributed by atoms with Crippen LogP contribution in [-0.2, 0) is 6.54 Å². The molecule has 1 aliphatic rings. The summed E-state index contributed by atoms with van der Waals surface area (Å²) in [5.74, 6) is 1.73. The number of nitrogens with zero attached hydrogens (tertiary/aromatic N) is 2. The molecule has 0 N–H and O–H groups in total. The molecule has 0 saturated carbocycles. The first kappa shape index (κ1) is 10.7. The van der Waals surface area contributed by atoms with Gasteiger partial charge in [-0.2, -0.15) is 0 Å². The highest BCUT2D eigenvalue weighted by Gasteiger charge is 2.35. The van der Waals surface area contributed by atoms with Gasteiger partial charge in [-0.1, -0.05) is 25.9 Å². The normalized spacial score (nSPS) is 19.2. The fraction of sp³-hybridized carbons (Fsp3) is 0.750. The lowest BCUT2D eigenvalue weighted by Gasteiger charge is -2.46. The van der Waals surface area contributed by atoms with Crippen LogP contribution in [0.5, 0.6) is 0 Å². The van der Waals surface area contributed by atoms with Crippen molar-refractivity contribution in [2.75, 3.05) is 13.1 Å². The zero-order valence-electron chi connectivity index (χ0n) is 10.1. The molecule has 2 heterocycles. The van der Waals surface area contributed by atoms with Crippen molar-refractivity contribution in [3.05, 3.63) is 17.5 Å². The average molecular weight is 208 g/mol. The van der Waals surface area contributed by atoms with E-state index in [4.69, 9.17) is 4.52 Å². The molecule has 1 fully saturated rings. The van der Waals surface area contributed by atoms with Crippen molar-refractivity contribution in [3.8, 4) is 0 Å². The number of hydrogen-bond acceptors (Lipinski definition) is 3. The molecule has 0 aliphatic carbocycles. The Balaban J connectivity index is 1.81. The molecule has 1 aliphatic heterocycles. The highest BCUT2D eigenvalue weighted by molar-refractivity contribution is 5.04. The Hall–Kier alpha value is -0.830. The van der Waals surface area contributed by atoms with Gasteiger partial charge in [-0.15, -0.1) is 0 Å². The second-order valence-electron chi connectivity index (χ2n) is 5.69. The topological polar surface area (TPSA) is 29.3 Å². The maximum absolute atomic E-state index is 5.05. The summed E-state index contributed by atoms with van der Waals surface area (Å²) in [6.45, 7) is 12.2. The van der Waals surface area contributed by atoms with Gasteiger partial charge >= 0.3 is 0 Å². The standard InChI is InChI=1S/C12H20N2O/c1-9-5-11(13-15-9)8-14-6-10(7-14)12(2,3)4/h5,10H,6-8H2,1-4H3. The van der Waals surface area contributed by atoms with Crippen LogP contribution in [0.3, 0.4) is 0 Å². The molecule has 0 atom stereocenters. The molecule has 0 spiro atoms. The van der Waals surface area contributed by atoms with Crippen molar-refractivity contribution in [1.29, 1.82) is 0 Å². The van der Waals surface area contributed by atoms with Crippen LogP contribution in [0.15, 0.2) is 10.6 Å². The van der Waals surface area contributed by atoms with Crippen LogP contribution in [0.4, 0.5) is 0 Å². The third-order valence-electron chi connectivity index (χ3n) is 3.24. The maximum Gasteiger partial charge on any atom is 0.133 e. The molecule has 1 saturated heterocycles. The lowest BCUT2D eigenvalue weighted by Crippen LogP contribution is -2.51. The van der Waals surface area contributed by atoms with Gasteiger partial charge in [0, 0.05) is 25.7 Å². The number of aryl methyl sites for hydroxylation is 1. The van der Waals surface area contributed by atoms with Gasteiger partial charge in [0.15, 0.2) is 0 Å². The van der Waals surface area contributed by atoms with Crippen LogP contribution >= 0.6 is 0 Å². The van der Waals surface area contributed by atoms with E-state index in [2.05, 4.69) is 30.8 Å². The maximum atomic E-state index is 5.05. The molecule has 0 bridgehead atoms. The third kappa shape index (κ3) is 2.40. The lowest BCUT2D eigenvalue weighted by molar-refractivity contribution is 0.0175. The molecule has 84 valence electrons. The Kier molecular flexibility index (Phi) is 2.59. The van der Waals surface area contributed by atoms with E-state index in [0.29, 0.717) is 5.41 Å². The van der Waals surface area contributed by atoms with E-state index >= 15 is 0 Å². The van der Waals surface area contributed by atoms with Crippen LogP contribution < -0.4 is 0 Å². The predicted molar refractivity (Wildman–Crippen MR) is 59.5 cm³/mol. The summed E-state index contributed by atoms with van der Waals surface area (Å²) in [6.07, 6.45) is 0. The Morgan fingerprint density at radius 2 is 2.13 bits per heavy atom. The van der Waals surface area contributed by atoms with Crippen molar-refractivity contribution in [2.24, 2.45) is 11.3 Å². The molecule has 15 heavy (non-hydrogen) atoms. The van der Waals surface area contributed by atoms with Crippen LogP contribution in [0, 0.1) is 18.3 Å². The van der Waals surface area contributed by atoms with Gasteiger partial charge in [-0.25, -0.2) is 0 Å². The van der Waals surface area contributed by atoms with Crippen molar-refractivity contribution >= 4 is 0 Å². The van der Waals surface area contributed by atoms with E-state index in [1.165, 1.54) is 13.1 Å². The molecular formula is C12H20N2O. The first-order chi connectivity index (χ1) is 6.95. The van der Waals surface area contributed by atoms with Gasteiger partial charge in [-0.3, -0.25) is 4.90 Å². The van der Waals surface area contributed by atoms with E-state index < -0.39 is 0 Å². The largest absolute Gasteiger partial charge is 0.361 e. The molecule has 3 nitrogen and oxygen atoms in total. The summed E-state index contributed by atoms with van der Waals surface area (Å²) < 4.78 is 5.05. The second-order valence-corrected chi connectivity index (χ2v) is 5.69. The van der Waals surface area contributed by atoms with Gasteiger partial charge in [0.05, 0.1) is 5.69 Å². The minimum Gasteiger partial charge on any atom is -0.361 e. The van der Waals surface area contributed by atoms with E-state index in [9.17, 15) is 0 Å². The number of hydrogen-bond donors (Lipinski definition) is 0. The molecule has 0 aromatic carbocycles. The first-order valence-corrected chi connectivity index (χ1v) is 5.60. The summed E-state index contributed by atoms with van der Waals surface area (Å²) in [5, 5.41) is 4.01. The van der Waals surface area contributed by atoms with Crippen molar-refractivity contribution in [1.82, 2.24) is 10.1 Å². The smallest absolute Gasteiger partial charge is 0.133 e. The summed E-state index contributed by atoms with van der Waals surface area (Å²) in [5.41, 5.74) is 1.50. The predicted octanol–water partition coefficient (Wildman–Crippen LogP) is 2.46.